The third-order valence-corrected chi connectivity index (χ3v) is 6.62. The lowest BCUT2D eigenvalue weighted by Gasteiger charge is -2.29. The van der Waals surface area contributed by atoms with E-state index in [-0.39, 0.29) is 17.5 Å². The Morgan fingerprint density at radius 1 is 1.23 bits per heavy atom. The molecule has 1 aliphatic carbocycles. The number of amides is 2. The summed E-state index contributed by atoms with van der Waals surface area (Å²) < 4.78 is 15.6. The summed E-state index contributed by atoms with van der Waals surface area (Å²) in [6.45, 7) is 5.16. The minimum absolute atomic E-state index is 0.0214. The number of hydrogen-bond donors (Lipinski definition) is 2. The molecule has 168 valence electrons. The first-order valence-electron chi connectivity index (χ1n) is 10.9. The average molecular weight is 448 g/mol. The number of nitrogens with one attached hydrogen (secondary N) is 2. The fourth-order valence-corrected chi connectivity index (χ4v) is 4.70. The molecule has 1 aromatic carbocycles. The molecule has 0 aliphatic heterocycles. The normalized spacial score (nSPS) is 18.5. The van der Waals surface area contributed by atoms with Gasteiger partial charge in [-0.25, -0.2) is 4.39 Å². The van der Waals surface area contributed by atoms with Crippen molar-refractivity contribution >= 4 is 23.6 Å². The Balaban J connectivity index is 1.49. The molecule has 0 spiro atoms. The lowest BCUT2D eigenvalue weighted by Crippen LogP contribution is -2.41. The zero-order chi connectivity index (χ0) is 22.2. The maximum Gasteiger partial charge on any atom is 0.254 e. The minimum atomic E-state index is -0.545. The van der Waals surface area contributed by atoms with Crippen LogP contribution in [0.2, 0.25) is 0 Å². The van der Waals surface area contributed by atoms with Gasteiger partial charge in [0, 0.05) is 25.6 Å². The highest BCUT2D eigenvalue weighted by Crippen LogP contribution is 2.24. The topological polar surface area (TPSA) is 88.9 Å². The number of aromatic nitrogens is 3. The quantitative estimate of drug-likeness (QED) is 0.577. The van der Waals surface area contributed by atoms with E-state index in [2.05, 4.69) is 27.8 Å². The van der Waals surface area contributed by atoms with Gasteiger partial charge in [0.15, 0.2) is 5.16 Å². The third-order valence-electron chi connectivity index (χ3n) is 5.65. The van der Waals surface area contributed by atoms with Crippen LogP contribution >= 0.6 is 11.8 Å². The van der Waals surface area contributed by atoms with Crippen LogP contribution in [0.3, 0.4) is 0 Å². The Morgan fingerprint density at radius 3 is 2.74 bits per heavy atom. The van der Waals surface area contributed by atoms with E-state index >= 15 is 0 Å². The van der Waals surface area contributed by atoms with Gasteiger partial charge in [-0.2, -0.15) is 0 Å². The van der Waals surface area contributed by atoms with Gasteiger partial charge in [-0.05, 0) is 37.8 Å². The van der Waals surface area contributed by atoms with Crippen LogP contribution in [-0.2, 0) is 17.8 Å². The van der Waals surface area contributed by atoms with E-state index in [4.69, 9.17) is 0 Å². The van der Waals surface area contributed by atoms with Crippen LogP contribution in [0.15, 0.2) is 29.4 Å². The van der Waals surface area contributed by atoms with Crippen LogP contribution in [0.25, 0.3) is 0 Å². The number of benzene rings is 1. The molecule has 1 saturated carbocycles. The minimum Gasteiger partial charge on any atom is -0.352 e. The predicted molar refractivity (Wildman–Crippen MR) is 118 cm³/mol. The van der Waals surface area contributed by atoms with Crippen molar-refractivity contribution in [2.75, 3.05) is 12.3 Å². The number of carbonyl (C=O) groups is 2. The second kappa shape index (κ2) is 11.3. The number of hydrogen-bond acceptors (Lipinski definition) is 5. The highest BCUT2D eigenvalue weighted by molar-refractivity contribution is 7.99. The number of carbonyl (C=O) groups excluding carboxylic acids is 2. The van der Waals surface area contributed by atoms with Crippen molar-refractivity contribution in [2.45, 2.75) is 63.7 Å². The van der Waals surface area contributed by atoms with Crippen LogP contribution in [-0.4, -0.2) is 44.9 Å². The number of halogens is 1. The third kappa shape index (κ3) is 6.29. The van der Waals surface area contributed by atoms with Gasteiger partial charge in [-0.1, -0.05) is 43.7 Å². The van der Waals surface area contributed by atoms with E-state index < -0.39 is 11.7 Å². The Labute approximate surface area is 186 Å². The highest BCUT2D eigenvalue weighted by atomic mass is 32.2. The van der Waals surface area contributed by atoms with Gasteiger partial charge in [0.2, 0.25) is 5.91 Å². The molecular weight excluding hydrogens is 417 g/mol. The zero-order valence-electron chi connectivity index (χ0n) is 18.1. The summed E-state index contributed by atoms with van der Waals surface area (Å²) in [4.78, 5) is 24.5. The first kappa shape index (κ1) is 23.2. The Hall–Kier alpha value is -2.42. The first-order chi connectivity index (χ1) is 15.0. The van der Waals surface area contributed by atoms with Gasteiger partial charge in [0.25, 0.3) is 5.91 Å². The fourth-order valence-electron chi connectivity index (χ4n) is 3.87. The summed E-state index contributed by atoms with van der Waals surface area (Å²) in [6.07, 6.45) is 5.09. The Kier molecular flexibility index (Phi) is 8.45. The molecule has 9 heteroatoms. The molecule has 0 radical (unpaired) electrons. The van der Waals surface area contributed by atoms with E-state index in [1.54, 1.807) is 12.1 Å². The van der Waals surface area contributed by atoms with E-state index in [0.29, 0.717) is 36.3 Å². The first-order valence-corrected chi connectivity index (χ1v) is 11.8. The molecule has 0 saturated heterocycles. The number of nitrogens with zero attached hydrogens (tertiary/aromatic N) is 3. The second-order valence-corrected chi connectivity index (χ2v) is 8.80. The molecule has 7 nitrogen and oxygen atoms in total. The Morgan fingerprint density at radius 2 is 2.00 bits per heavy atom. The number of rotatable bonds is 9. The molecule has 0 bridgehead atoms. The standard InChI is InChI=1S/C22H30FN5O2S/c1-3-28-19(12-13-24-21(30)16-9-5-6-10-17(16)23)26-27-22(28)31-14-20(29)25-18-11-7-4-8-15(18)2/h5-6,9-10,15,18H,3-4,7-8,11-14H2,1-2H3,(H,24,30)(H,25,29)/t15-,18+/m0/s1. The van der Waals surface area contributed by atoms with Crippen LogP contribution in [0.1, 0.15) is 55.7 Å². The van der Waals surface area contributed by atoms with Gasteiger partial charge in [0.05, 0.1) is 11.3 Å². The highest BCUT2D eigenvalue weighted by Gasteiger charge is 2.23. The summed E-state index contributed by atoms with van der Waals surface area (Å²) in [5, 5.41) is 15.0. The molecule has 2 aromatic rings. The molecule has 1 heterocycles. The van der Waals surface area contributed by atoms with E-state index in [1.165, 1.54) is 43.2 Å². The van der Waals surface area contributed by atoms with Crippen molar-refractivity contribution in [1.82, 2.24) is 25.4 Å². The van der Waals surface area contributed by atoms with Gasteiger partial charge in [0.1, 0.15) is 11.6 Å². The summed E-state index contributed by atoms with van der Waals surface area (Å²) in [6, 6.07) is 6.15. The van der Waals surface area contributed by atoms with Crippen LogP contribution < -0.4 is 10.6 Å². The molecule has 0 unspecified atom stereocenters. The molecule has 1 fully saturated rings. The SMILES string of the molecule is CCn1c(CCNC(=O)c2ccccc2F)nnc1SCC(=O)N[C@@H]1CCCC[C@@H]1C. The van der Waals surface area contributed by atoms with Crippen molar-refractivity contribution < 1.29 is 14.0 Å². The molecular formula is C22H30FN5O2S. The van der Waals surface area contributed by atoms with E-state index in [9.17, 15) is 14.0 Å². The maximum atomic E-state index is 13.7. The van der Waals surface area contributed by atoms with Crippen LogP contribution in [0.4, 0.5) is 4.39 Å². The van der Waals surface area contributed by atoms with Gasteiger partial charge < -0.3 is 15.2 Å². The van der Waals surface area contributed by atoms with Gasteiger partial charge in [-0.15, -0.1) is 10.2 Å². The molecule has 1 aliphatic rings. The zero-order valence-corrected chi connectivity index (χ0v) is 18.9. The second-order valence-electron chi connectivity index (χ2n) is 7.85. The molecule has 31 heavy (non-hydrogen) atoms. The average Bonchev–Trinajstić information content (AvgIpc) is 3.16. The Bertz CT molecular complexity index is 904. The molecule has 3 rings (SSSR count). The molecule has 2 amide bonds. The summed E-state index contributed by atoms with van der Waals surface area (Å²) in [7, 11) is 0. The maximum absolute atomic E-state index is 13.7. The van der Waals surface area contributed by atoms with E-state index in [0.717, 1.165) is 12.2 Å². The monoisotopic (exact) mass is 447 g/mol. The predicted octanol–water partition coefficient (Wildman–Crippen LogP) is 3.20. The molecule has 2 N–H and O–H groups in total. The van der Waals surface area contributed by atoms with Crippen LogP contribution in [0, 0.1) is 11.7 Å². The van der Waals surface area contributed by atoms with Gasteiger partial charge in [-0.3, -0.25) is 9.59 Å². The van der Waals surface area contributed by atoms with Crippen molar-refractivity contribution in [1.29, 1.82) is 0 Å². The number of thioether (sulfide) groups is 1. The van der Waals surface area contributed by atoms with Crippen molar-refractivity contribution in [3.8, 4) is 0 Å². The van der Waals surface area contributed by atoms with Crippen molar-refractivity contribution in [3.63, 3.8) is 0 Å². The summed E-state index contributed by atoms with van der Waals surface area (Å²) in [5.41, 5.74) is 0.0222. The summed E-state index contributed by atoms with van der Waals surface area (Å²) >= 11 is 1.37. The molecule has 1 aromatic heterocycles. The summed E-state index contributed by atoms with van der Waals surface area (Å²) in [5.74, 6) is 0.562. The smallest absolute Gasteiger partial charge is 0.254 e. The van der Waals surface area contributed by atoms with Gasteiger partial charge >= 0.3 is 0 Å². The lowest BCUT2D eigenvalue weighted by atomic mass is 9.86. The fraction of sp³-hybridized carbons (Fsp3) is 0.545. The largest absolute Gasteiger partial charge is 0.352 e. The van der Waals surface area contributed by atoms with E-state index in [1.807, 2.05) is 11.5 Å². The lowest BCUT2D eigenvalue weighted by molar-refractivity contribution is -0.119. The van der Waals surface area contributed by atoms with Crippen molar-refractivity contribution in [2.24, 2.45) is 5.92 Å². The van der Waals surface area contributed by atoms with Crippen molar-refractivity contribution in [3.05, 3.63) is 41.5 Å². The molecule has 2 atom stereocenters. The van der Waals surface area contributed by atoms with Crippen LogP contribution in [0.5, 0.6) is 0 Å².